The van der Waals surface area contributed by atoms with Gasteiger partial charge in [0.2, 0.25) is 0 Å². The van der Waals surface area contributed by atoms with Crippen LogP contribution < -0.4 is 16.0 Å². The van der Waals surface area contributed by atoms with E-state index in [2.05, 4.69) is 19.3 Å². The van der Waals surface area contributed by atoms with Crippen molar-refractivity contribution in [2.45, 2.75) is 39.2 Å². The number of rotatable bonds is 8. The maximum Gasteiger partial charge on any atom is 0.119 e. The van der Waals surface area contributed by atoms with Gasteiger partial charge in [0.25, 0.3) is 0 Å². The molecule has 102 valence electrons. The van der Waals surface area contributed by atoms with Crippen LogP contribution in [-0.4, -0.2) is 12.6 Å². The normalized spacial score (nSPS) is 12.7. The summed E-state index contributed by atoms with van der Waals surface area (Å²) in [6.45, 7) is 5.00. The van der Waals surface area contributed by atoms with Gasteiger partial charge in [-0.05, 0) is 36.6 Å². The van der Waals surface area contributed by atoms with Crippen LogP contribution in [0.15, 0.2) is 24.3 Å². The van der Waals surface area contributed by atoms with Gasteiger partial charge < -0.3 is 4.74 Å². The monoisotopic (exact) mass is 270 g/mol. The van der Waals surface area contributed by atoms with E-state index >= 15 is 0 Å². The molecular weight excluding hydrogens is 248 g/mol. The Morgan fingerprint density at radius 1 is 1.22 bits per heavy atom. The second kappa shape index (κ2) is 8.35. The molecule has 1 atom stereocenters. The molecule has 0 saturated heterocycles. The molecule has 1 rings (SSSR count). The lowest BCUT2D eigenvalue weighted by Crippen LogP contribution is -2.40. The summed E-state index contributed by atoms with van der Waals surface area (Å²) in [4.78, 5) is 0. The molecular formula is C14H23ClN2O. The molecule has 0 amide bonds. The molecule has 0 bridgehead atoms. The van der Waals surface area contributed by atoms with Gasteiger partial charge in [-0.25, -0.2) is 0 Å². The summed E-state index contributed by atoms with van der Waals surface area (Å²) in [5, 5.41) is 0.716. The summed E-state index contributed by atoms with van der Waals surface area (Å²) in [5.41, 5.74) is 2.83. The number of nitrogens with two attached hydrogens (primary N) is 1. The number of halogens is 1. The van der Waals surface area contributed by atoms with Crippen LogP contribution in [0.25, 0.3) is 0 Å². The minimum absolute atomic E-state index is 0.186. The van der Waals surface area contributed by atoms with Gasteiger partial charge in [0.15, 0.2) is 0 Å². The van der Waals surface area contributed by atoms with Crippen molar-refractivity contribution in [1.82, 2.24) is 5.43 Å². The smallest absolute Gasteiger partial charge is 0.119 e. The van der Waals surface area contributed by atoms with Gasteiger partial charge in [-0.3, -0.25) is 11.3 Å². The topological polar surface area (TPSA) is 47.3 Å². The minimum atomic E-state index is 0.186. The molecule has 0 radical (unpaired) electrons. The molecule has 0 heterocycles. The summed E-state index contributed by atoms with van der Waals surface area (Å²) >= 11 is 5.82. The molecule has 0 saturated carbocycles. The van der Waals surface area contributed by atoms with Crippen LogP contribution in [0.4, 0.5) is 0 Å². The van der Waals surface area contributed by atoms with Crippen molar-refractivity contribution >= 4 is 11.6 Å². The van der Waals surface area contributed by atoms with Crippen LogP contribution in [-0.2, 0) is 0 Å². The van der Waals surface area contributed by atoms with Crippen LogP contribution in [0, 0.1) is 5.92 Å². The van der Waals surface area contributed by atoms with E-state index < -0.39 is 0 Å². The van der Waals surface area contributed by atoms with Crippen LogP contribution in [0.2, 0.25) is 5.02 Å². The first-order valence-corrected chi connectivity index (χ1v) is 6.91. The highest BCUT2D eigenvalue weighted by Gasteiger charge is 2.13. The Kier molecular flexibility index (Phi) is 7.09. The lowest BCUT2D eigenvalue weighted by atomic mass is 9.95. The summed E-state index contributed by atoms with van der Waals surface area (Å²) in [5.74, 6) is 7.09. The van der Waals surface area contributed by atoms with Crippen LogP contribution in [0.5, 0.6) is 5.75 Å². The molecule has 4 heteroatoms. The van der Waals surface area contributed by atoms with Crippen LogP contribution >= 0.6 is 11.6 Å². The maximum absolute atomic E-state index is 5.82. The minimum Gasteiger partial charge on any atom is -0.492 e. The molecule has 1 aromatic rings. The number of hydrazine groups is 1. The number of hydrogen-bond donors (Lipinski definition) is 2. The summed E-state index contributed by atoms with van der Waals surface area (Å²) in [7, 11) is 0. The van der Waals surface area contributed by atoms with Gasteiger partial charge in [0, 0.05) is 5.02 Å². The van der Waals surface area contributed by atoms with E-state index in [1.165, 1.54) is 12.8 Å². The first-order valence-electron chi connectivity index (χ1n) is 6.54. The van der Waals surface area contributed by atoms with Crippen LogP contribution in [0.1, 0.15) is 33.1 Å². The van der Waals surface area contributed by atoms with Crippen LogP contribution in [0.3, 0.4) is 0 Å². The van der Waals surface area contributed by atoms with E-state index in [4.69, 9.17) is 22.2 Å². The second-order valence-corrected chi connectivity index (χ2v) is 4.98. The number of hydrogen-bond acceptors (Lipinski definition) is 3. The molecule has 0 aliphatic carbocycles. The van der Waals surface area contributed by atoms with E-state index in [1.54, 1.807) is 0 Å². The molecule has 0 aliphatic heterocycles. The molecule has 0 spiro atoms. The Morgan fingerprint density at radius 3 is 2.33 bits per heavy atom. The highest BCUT2D eigenvalue weighted by atomic mass is 35.5. The summed E-state index contributed by atoms with van der Waals surface area (Å²) < 4.78 is 5.70. The predicted octanol–water partition coefficient (Wildman–Crippen LogP) is 3.38. The molecule has 0 aromatic heterocycles. The summed E-state index contributed by atoms with van der Waals surface area (Å²) in [6, 6.07) is 7.57. The van der Waals surface area contributed by atoms with Gasteiger partial charge in [-0.15, -0.1) is 0 Å². The third-order valence-corrected chi connectivity index (χ3v) is 3.53. The zero-order chi connectivity index (χ0) is 13.4. The molecule has 18 heavy (non-hydrogen) atoms. The number of benzene rings is 1. The molecule has 0 aliphatic rings. The van der Waals surface area contributed by atoms with Crippen molar-refractivity contribution in [2.75, 3.05) is 6.61 Å². The Morgan fingerprint density at radius 2 is 1.83 bits per heavy atom. The summed E-state index contributed by atoms with van der Waals surface area (Å²) in [6.07, 6.45) is 3.39. The SMILES string of the molecule is CCC(CC)CC(COc1ccc(Cl)cc1)NN. The van der Waals surface area contributed by atoms with Crippen molar-refractivity contribution in [2.24, 2.45) is 11.8 Å². The fourth-order valence-corrected chi connectivity index (χ4v) is 2.06. The molecule has 0 fully saturated rings. The van der Waals surface area contributed by atoms with Gasteiger partial charge in [0.1, 0.15) is 12.4 Å². The van der Waals surface area contributed by atoms with E-state index in [0.717, 1.165) is 12.2 Å². The Balaban J connectivity index is 2.41. The molecule has 3 nitrogen and oxygen atoms in total. The first-order chi connectivity index (χ1) is 8.69. The van der Waals surface area contributed by atoms with Crippen molar-refractivity contribution in [3.8, 4) is 5.75 Å². The Hall–Kier alpha value is -0.770. The van der Waals surface area contributed by atoms with Crippen molar-refractivity contribution < 1.29 is 4.74 Å². The first kappa shape index (κ1) is 15.3. The largest absolute Gasteiger partial charge is 0.492 e. The van der Waals surface area contributed by atoms with Gasteiger partial charge >= 0.3 is 0 Å². The predicted molar refractivity (Wildman–Crippen MR) is 76.7 cm³/mol. The average Bonchev–Trinajstić information content (AvgIpc) is 2.41. The van der Waals surface area contributed by atoms with E-state index in [-0.39, 0.29) is 6.04 Å². The third kappa shape index (κ3) is 5.25. The van der Waals surface area contributed by atoms with Crippen molar-refractivity contribution in [1.29, 1.82) is 0 Å². The van der Waals surface area contributed by atoms with Gasteiger partial charge in [0.05, 0.1) is 6.04 Å². The quantitative estimate of drug-likeness (QED) is 0.562. The zero-order valence-electron chi connectivity index (χ0n) is 11.2. The Labute approximate surface area is 115 Å². The highest BCUT2D eigenvalue weighted by Crippen LogP contribution is 2.18. The standard InChI is InChI=1S/C14H23ClN2O/c1-3-11(4-2)9-13(17-16)10-18-14-7-5-12(15)6-8-14/h5-8,11,13,17H,3-4,9-10,16H2,1-2H3. The fraction of sp³-hybridized carbons (Fsp3) is 0.571. The number of ether oxygens (including phenoxy) is 1. The molecule has 1 aromatic carbocycles. The van der Waals surface area contributed by atoms with E-state index in [9.17, 15) is 0 Å². The molecule has 1 unspecified atom stereocenters. The highest BCUT2D eigenvalue weighted by molar-refractivity contribution is 6.30. The van der Waals surface area contributed by atoms with Crippen molar-refractivity contribution in [3.05, 3.63) is 29.3 Å². The fourth-order valence-electron chi connectivity index (χ4n) is 1.94. The van der Waals surface area contributed by atoms with E-state index in [0.29, 0.717) is 17.5 Å². The number of nitrogens with one attached hydrogen (secondary N) is 1. The molecule has 3 N–H and O–H groups in total. The third-order valence-electron chi connectivity index (χ3n) is 3.27. The zero-order valence-corrected chi connectivity index (χ0v) is 11.9. The average molecular weight is 271 g/mol. The Bertz CT molecular complexity index is 325. The maximum atomic E-state index is 5.82. The van der Waals surface area contributed by atoms with E-state index in [1.807, 2.05) is 24.3 Å². The van der Waals surface area contributed by atoms with Crippen molar-refractivity contribution in [3.63, 3.8) is 0 Å². The van der Waals surface area contributed by atoms with Gasteiger partial charge in [-0.2, -0.15) is 0 Å². The lowest BCUT2D eigenvalue weighted by Gasteiger charge is -2.21. The second-order valence-electron chi connectivity index (χ2n) is 4.55. The lowest BCUT2D eigenvalue weighted by molar-refractivity contribution is 0.235. The van der Waals surface area contributed by atoms with Gasteiger partial charge in [-0.1, -0.05) is 38.3 Å².